The lowest BCUT2D eigenvalue weighted by molar-refractivity contribution is -0.121. The summed E-state index contributed by atoms with van der Waals surface area (Å²) in [4.78, 5) is 20.3. The maximum absolute atomic E-state index is 13.1. The van der Waals surface area contributed by atoms with Gasteiger partial charge in [0.2, 0.25) is 5.91 Å². The normalized spacial score (nSPS) is 16.0. The summed E-state index contributed by atoms with van der Waals surface area (Å²) in [6.07, 6.45) is 0.380. The Kier molecular flexibility index (Phi) is 6.64. The topological polar surface area (TPSA) is 87.9 Å². The number of aliphatic imine (C=N–C) groups is 1. The van der Waals surface area contributed by atoms with Gasteiger partial charge in [0.15, 0.2) is 5.96 Å². The monoisotopic (exact) mass is 401 g/mol. The van der Waals surface area contributed by atoms with Crippen molar-refractivity contribution in [2.75, 3.05) is 37.6 Å². The van der Waals surface area contributed by atoms with Crippen molar-refractivity contribution in [3.8, 4) is 0 Å². The van der Waals surface area contributed by atoms with Crippen LogP contribution < -0.4 is 16.4 Å². The first-order chi connectivity index (χ1) is 13.9. The second kappa shape index (κ2) is 9.36. The molecular weight excluding hydrogens is 376 g/mol. The van der Waals surface area contributed by atoms with Crippen LogP contribution >= 0.6 is 0 Å². The molecule has 154 valence electrons. The average molecular weight is 401 g/mol. The highest BCUT2D eigenvalue weighted by Crippen LogP contribution is 2.17. The van der Waals surface area contributed by atoms with Crippen molar-refractivity contribution in [2.45, 2.75) is 6.42 Å². The van der Waals surface area contributed by atoms with E-state index in [1.165, 1.54) is 24.3 Å². The number of rotatable bonds is 6. The number of amides is 1. The van der Waals surface area contributed by atoms with Gasteiger partial charge in [0.05, 0.1) is 12.5 Å². The number of hydrogen-bond donors (Lipinski definition) is 2. The predicted molar refractivity (Wildman–Crippen MR) is 109 cm³/mol. The lowest BCUT2D eigenvalue weighted by Crippen LogP contribution is -2.51. The van der Waals surface area contributed by atoms with Crippen molar-refractivity contribution in [1.29, 1.82) is 0 Å². The Morgan fingerprint density at radius 2 is 1.48 bits per heavy atom. The van der Waals surface area contributed by atoms with Gasteiger partial charge in [0.25, 0.3) is 0 Å². The zero-order valence-corrected chi connectivity index (χ0v) is 16.1. The minimum atomic E-state index is -0.514. The molecule has 1 unspecified atom stereocenters. The number of benzene rings is 2. The molecule has 1 aliphatic heterocycles. The van der Waals surface area contributed by atoms with E-state index in [4.69, 9.17) is 11.5 Å². The van der Waals surface area contributed by atoms with Gasteiger partial charge in [-0.05, 0) is 48.4 Å². The van der Waals surface area contributed by atoms with E-state index in [2.05, 4.69) is 9.89 Å². The summed E-state index contributed by atoms with van der Waals surface area (Å²) in [6.45, 7) is 2.99. The Balaban J connectivity index is 1.55. The molecule has 1 heterocycles. The smallest absolute Gasteiger partial charge is 0.222 e. The highest BCUT2D eigenvalue weighted by Gasteiger charge is 2.20. The molecule has 1 aliphatic rings. The molecule has 2 aromatic carbocycles. The third-order valence-corrected chi connectivity index (χ3v) is 5.07. The van der Waals surface area contributed by atoms with Crippen LogP contribution in [0.15, 0.2) is 53.5 Å². The van der Waals surface area contributed by atoms with Crippen molar-refractivity contribution >= 4 is 17.6 Å². The number of guanidine groups is 1. The van der Waals surface area contributed by atoms with E-state index in [0.29, 0.717) is 25.5 Å². The fourth-order valence-corrected chi connectivity index (χ4v) is 3.31. The van der Waals surface area contributed by atoms with Crippen LogP contribution in [0.4, 0.5) is 14.5 Å². The molecule has 0 aliphatic carbocycles. The van der Waals surface area contributed by atoms with Gasteiger partial charge < -0.3 is 21.3 Å². The van der Waals surface area contributed by atoms with Gasteiger partial charge in [-0.25, -0.2) is 8.78 Å². The molecule has 0 bridgehead atoms. The second-order valence-electron chi connectivity index (χ2n) is 7.08. The zero-order valence-electron chi connectivity index (χ0n) is 16.1. The molecule has 4 N–H and O–H groups in total. The maximum Gasteiger partial charge on any atom is 0.222 e. The number of nitrogens with two attached hydrogens (primary N) is 2. The maximum atomic E-state index is 13.1. The summed E-state index contributed by atoms with van der Waals surface area (Å²) in [5.74, 6) is -1.19. The van der Waals surface area contributed by atoms with Crippen LogP contribution in [0, 0.1) is 17.6 Å². The Morgan fingerprint density at radius 1 is 0.931 bits per heavy atom. The van der Waals surface area contributed by atoms with Crippen LogP contribution in [0.3, 0.4) is 0 Å². The highest BCUT2D eigenvalue weighted by atomic mass is 19.1. The first kappa shape index (κ1) is 20.6. The molecule has 3 rings (SSSR count). The van der Waals surface area contributed by atoms with Crippen molar-refractivity contribution in [1.82, 2.24) is 4.90 Å². The van der Waals surface area contributed by atoms with Gasteiger partial charge in [-0.3, -0.25) is 9.79 Å². The Morgan fingerprint density at radius 3 is 2.03 bits per heavy atom. The summed E-state index contributed by atoms with van der Waals surface area (Å²) < 4.78 is 26.1. The number of carbonyl (C=O) groups is 1. The van der Waals surface area contributed by atoms with Gasteiger partial charge in [0, 0.05) is 31.9 Å². The van der Waals surface area contributed by atoms with Crippen molar-refractivity contribution in [3.63, 3.8) is 0 Å². The highest BCUT2D eigenvalue weighted by molar-refractivity contribution is 5.80. The van der Waals surface area contributed by atoms with Crippen LogP contribution in [-0.4, -0.2) is 49.5 Å². The standard InChI is InChI=1S/C21H25F2N5O/c22-17-3-1-15(2-4-17)13-16(20(24)29)14-26-21(25)28-11-9-27(10-12-28)19-7-5-18(23)6-8-19/h1-8,16H,9-14H2,(H2,24,29)(H2,25,26). The molecule has 1 fully saturated rings. The number of carbonyl (C=O) groups excluding carboxylic acids is 1. The van der Waals surface area contributed by atoms with Crippen molar-refractivity contribution in [2.24, 2.45) is 22.4 Å². The molecule has 6 nitrogen and oxygen atoms in total. The van der Waals surface area contributed by atoms with Crippen molar-refractivity contribution in [3.05, 3.63) is 65.7 Å². The Labute approximate surface area is 168 Å². The van der Waals surface area contributed by atoms with Crippen molar-refractivity contribution < 1.29 is 13.6 Å². The molecule has 8 heteroatoms. The molecule has 1 saturated heterocycles. The molecule has 1 atom stereocenters. The van der Waals surface area contributed by atoms with E-state index in [9.17, 15) is 13.6 Å². The quantitative estimate of drug-likeness (QED) is 0.570. The van der Waals surface area contributed by atoms with Crippen LogP contribution in [0.1, 0.15) is 5.56 Å². The van der Waals surface area contributed by atoms with Gasteiger partial charge in [-0.15, -0.1) is 0 Å². The van der Waals surface area contributed by atoms with Gasteiger partial charge in [-0.2, -0.15) is 0 Å². The van der Waals surface area contributed by atoms with Gasteiger partial charge in [-0.1, -0.05) is 12.1 Å². The molecule has 0 radical (unpaired) electrons. The second-order valence-corrected chi connectivity index (χ2v) is 7.08. The summed E-state index contributed by atoms with van der Waals surface area (Å²) in [7, 11) is 0. The molecule has 0 saturated carbocycles. The third kappa shape index (κ3) is 5.66. The number of anilines is 1. The number of nitrogens with zero attached hydrogens (tertiary/aromatic N) is 3. The summed E-state index contributed by atoms with van der Waals surface area (Å²) in [5.41, 5.74) is 13.4. The molecule has 1 amide bonds. The lowest BCUT2D eigenvalue weighted by Gasteiger charge is -2.36. The fourth-order valence-electron chi connectivity index (χ4n) is 3.31. The minimum absolute atomic E-state index is 0.177. The Bertz CT molecular complexity index is 846. The van der Waals surface area contributed by atoms with E-state index in [-0.39, 0.29) is 18.2 Å². The van der Waals surface area contributed by atoms with Crippen LogP contribution in [0.25, 0.3) is 0 Å². The molecule has 29 heavy (non-hydrogen) atoms. The average Bonchev–Trinajstić information content (AvgIpc) is 2.72. The molecule has 2 aromatic rings. The van der Waals surface area contributed by atoms with Crippen LogP contribution in [-0.2, 0) is 11.2 Å². The largest absolute Gasteiger partial charge is 0.370 e. The zero-order chi connectivity index (χ0) is 20.8. The molecule has 0 aromatic heterocycles. The molecule has 0 spiro atoms. The number of primary amides is 1. The fraction of sp³-hybridized carbons (Fsp3) is 0.333. The summed E-state index contributed by atoms with van der Waals surface area (Å²) in [5, 5.41) is 0. The predicted octanol–water partition coefficient (Wildman–Crippen LogP) is 1.75. The first-order valence-electron chi connectivity index (χ1n) is 9.51. The van der Waals surface area contributed by atoms with E-state index in [1.807, 2.05) is 4.90 Å². The van der Waals surface area contributed by atoms with Gasteiger partial charge >= 0.3 is 0 Å². The van der Waals surface area contributed by atoms with Gasteiger partial charge in [0.1, 0.15) is 11.6 Å². The summed E-state index contributed by atoms with van der Waals surface area (Å²) >= 11 is 0. The van der Waals surface area contributed by atoms with E-state index < -0.39 is 11.8 Å². The summed E-state index contributed by atoms with van der Waals surface area (Å²) in [6, 6.07) is 12.4. The van der Waals surface area contributed by atoms with Crippen LogP contribution in [0.2, 0.25) is 0 Å². The SMILES string of the molecule is NC(=O)C(CN=C(N)N1CCN(c2ccc(F)cc2)CC1)Cc1ccc(F)cc1. The number of piperazine rings is 1. The first-order valence-corrected chi connectivity index (χ1v) is 9.51. The third-order valence-electron chi connectivity index (χ3n) is 5.07. The minimum Gasteiger partial charge on any atom is -0.370 e. The lowest BCUT2D eigenvalue weighted by atomic mass is 9.99. The van der Waals surface area contributed by atoms with E-state index in [1.54, 1.807) is 24.3 Å². The Hall–Kier alpha value is -3.16. The van der Waals surface area contributed by atoms with E-state index in [0.717, 1.165) is 24.3 Å². The van der Waals surface area contributed by atoms with E-state index >= 15 is 0 Å². The number of hydrogen-bond acceptors (Lipinski definition) is 3. The molecular formula is C21H25F2N5O. The number of halogens is 2. The van der Waals surface area contributed by atoms with Crippen LogP contribution in [0.5, 0.6) is 0 Å².